The third kappa shape index (κ3) is 4.06. The van der Waals surface area contributed by atoms with Gasteiger partial charge in [-0.25, -0.2) is 9.36 Å². The number of aromatic nitrogens is 5. The fraction of sp³-hybridized carbons (Fsp3) is 0.542. The molecule has 0 saturated heterocycles. The summed E-state index contributed by atoms with van der Waals surface area (Å²) in [6, 6.07) is 10.1. The lowest BCUT2D eigenvalue weighted by atomic mass is 9.88. The number of fused-ring (bicyclic) bond motifs is 1. The van der Waals surface area contributed by atoms with Crippen LogP contribution in [-0.4, -0.2) is 47.7 Å². The number of hydrogen-bond acceptors (Lipinski definition) is 5. The molecular formula is C24H30N6O2. The zero-order valence-corrected chi connectivity index (χ0v) is 18.4. The molecule has 2 aliphatic rings. The van der Waals surface area contributed by atoms with Crippen molar-refractivity contribution in [3.05, 3.63) is 46.9 Å². The Balaban J connectivity index is 1.42. The molecule has 5 rings (SSSR count). The zero-order chi connectivity index (χ0) is 21.9. The summed E-state index contributed by atoms with van der Waals surface area (Å²) >= 11 is 0. The maximum atomic E-state index is 13.5. The Morgan fingerprint density at radius 3 is 2.19 bits per heavy atom. The van der Waals surface area contributed by atoms with Crippen molar-refractivity contribution >= 4 is 16.9 Å². The molecule has 2 aromatic heterocycles. The summed E-state index contributed by atoms with van der Waals surface area (Å²) in [6.07, 6.45) is 12.9. The van der Waals surface area contributed by atoms with E-state index >= 15 is 0 Å². The van der Waals surface area contributed by atoms with E-state index in [9.17, 15) is 9.59 Å². The van der Waals surface area contributed by atoms with E-state index < -0.39 is 0 Å². The average molecular weight is 435 g/mol. The normalized spacial score (nSPS) is 18.1. The molecule has 0 bridgehead atoms. The van der Waals surface area contributed by atoms with E-state index in [0.717, 1.165) is 31.4 Å². The number of hydrogen-bond donors (Lipinski definition) is 0. The molecule has 2 fully saturated rings. The van der Waals surface area contributed by atoms with Crippen LogP contribution in [0, 0.1) is 0 Å². The van der Waals surface area contributed by atoms with Gasteiger partial charge in [-0.1, -0.05) is 61.9 Å². The van der Waals surface area contributed by atoms with Gasteiger partial charge in [0.15, 0.2) is 5.65 Å². The molecule has 1 aromatic carbocycles. The first-order valence-corrected chi connectivity index (χ1v) is 11.9. The highest BCUT2D eigenvalue weighted by atomic mass is 16.2. The Morgan fingerprint density at radius 1 is 0.938 bits per heavy atom. The second-order valence-electron chi connectivity index (χ2n) is 9.07. The number of benzene rings is 1. The number of amides is 1. The predicted molar refractivity (Wildman–Crippen MR) is 122 cm³/mol. The summed E-state index contributed by atoms with van der Waals surface area (Å²) in [7, 11) is 0. The summed E-state index contributed by atoms with van der Waals surface area (Å²) in [5.74, 6) is -0.00463. The van der Waals surface area contributed by atoms with Gasteiger partial charge in [0.05, 0.1) is 11.9 Å². The lowest BCUT2D eigenvalue weighted by Gasteiger charge is -2.41. The van der Waals surface area contributed by atoms with Crippen LogP contribution in [0.4, 0.5) is 0 Å². The van der Waals surface area contributed by atoms with Gasteiger partial charge in [-0.05, 0) is 37.8 Å². The van der Waals surface area contributed by atoms with Gasteiger partial charge in [-0.15, -0.1) is 5.10 Å². The van der Waals surface area contributed by atoms with Crippen LogP contribution in [0.2, 0.25) is 0 Å². The van der Waals surface area contributed by atoms with Gasteiger partial charge in [0.1, 0.15) is 11.9 Å². The quantitative estimate of drug-likeness (QED) is 0.614. The molecule has 0 spiro atoms. The molecule has 0 radical (unpaired) electrons. The van der Waals surface area contributed by atoms with Crippen molar-refractivity contribution in [3.8, 4) is 5.69 Å². The lowest BCUT2D eigenvalue weighted by Crippen LogP contribution is -2.50. The minimum Gasteiger partial charge on any atom is -0.335 e. The van der Waals surface area contributed by atoms with Gasteiger partial charge in [0.25, 0.3) is 5.56 Å². The molecule has 168 valence electrons. The summed E-state index contributed by atoms with van der Waals surface area (Å²) in [5.41, 5.74) is 0.893. The zero-order valence-electron chi connectivity index (χ0n) is 18.4. The Kier molecular flexibility index (Phi) is 6.01. The van der Waals surface area contributed by atoms with Gasteiger partial charge in [-0.2, -0.15) is 5.10 Å². The maximum Gasteiger partial charge on any atom is 0.281 e. The second kappa shape index (κ2) is 9.22. The Bertz CT molecular complexity index is 1110. The second-order valence-corrected chi connectivity index (χ2v) is 9.07. The van der Waals surface area contributed by atoms with Crippen molar-refractivity contribution in [2.45, 2.75) is 82.8 Å². The molecule has 8 nitrogen and oxygen atoms in total. The maximum absolute atomic E-state index is 13.5. The van der Waals surface area contributed by atoms with Crippen LogP contribution >= 0.6 is 0 Å². The fourth-order valence-corrected chi connectivity index (χ4v) is 5.36. The number of carbonyl (C=O) groups excluding carboxylic acids is 1. The van der Waals surface area contributed by atoms with E-state index in [0.29, 0.717) is 11.0 Å². The Hall–Kier alpha value is -3.03. The first-order valence-electron chi connectivity index (χ1n) is 11.9. The number of para-hydroxylation sites is 1. The fourth-order valence-electron chi connectivity index (χ4n) is 5.36. The van der Waals surface area contributed by atoms with Crippen LogP contribution in [0.1, 0.15) is 64.2 Å². The van der Waals surface area contributed by atoms with E-state index in [4.69, 9.17) is 0 Å². The molecule has 0 aliphatic heterocycles. The topological polar surface area (TPSA) is 85.9 Å². The summed E-state index contributed by atoms with van der Waals surface area (Å²) in [4.78, 5) is 28.7. The van der Waals surface area contributed by atoms with Crippen LogP contribution in [0.3, 0.4) is 0 Å². The molecule has 0 unspecified atom stereocenters. The van der Waals surface area contributed by atoms with Crippen LogP contribution in [0.15, 0.2) is 41.3 Å². The molecule has 0 atom stereocenters. The first kappa shape index (κ1) is 20.8. The third-order valence-electron chi connectivity index (χ3n) is 6.97. The van der Waals surface area contributed by atoms with E-state index in [1.165, 1.54) is 49.4 Å². The molecule has 8 heteroatoms. The molecule has 0 N–H and O–H groups in total. The highest BCUT2D eigenvalue weighted by molar-refractivity contribution is 5.78. The standard InChI is InChI=1S/C24H30N6O2/c31-22(29(18-10-4-1-5-11-18)19-12-6-2-7-13-19)17-28-24(32)21-16-25-30(23(21)26-27-28)20-14-8-3-9-15-20/h3,8-9,14-16,18-19H,1-2,4-7,10-13,17H2. The highest BCUT2D eigenvalue weighted by Crippen LogP contribution is 2.30. The van der Waals surface area contributed by atoms with Gasteiger partial charge >= 0.3 is 0 Å². The highest BCUT2D eigenvalue weighted by Gasteiger charge is 2.32. The van der Waals surface area contributed by atoms with Crippen LogP contribution in [0.25, 0.3) is 16.7 Å². The monoisotopic (exact) mass is 434 g/mol. The van der Waals surface area contributed by atoms with E-state index in [2.05, 4.69) is 20.3 Å². The predicted octanol–water partition coefficient (Wildman–Crippen LogP) is 3.47. The number of carbonyl (C=O) groups is 1. The first-order chi connectivity index (χ1) is 15.7. The molecule has 3 aromatic rings. The molecule has 32 heavy (non-hydrogen) atoms. The molecular weight excluding hydrogens is 404 g/mol. The molecule has 2 heterocycles. The van der Waals surface area contributed by atoms with Crippen LogP contribution in [0.5, 0.6) is 0 Å². The van der Waals surface area contributed by atoms with E-state index in [-0.39, 0.29) is 30.1 Å². The Labute approximate surface area is 187 Å². The molecule has 2 saturated carbocycles. The van der Waals surface area contributed by atoms with Crippen molar-refractivity contribution in [3.63, 3.8) is 0 Å². The minimum atomic E-state index is -0.322. The van der Waals surface area contributed by atoms with Gasteiger partial charge < -0.3 is 4.90 Å². The van der Waals surface area contributed by atoms with E-state index in [1.807, 2.05) is 30.3 Å². The third-order valence-corrected chi connectivity index (χ3v) is 6.97. The SMILES string of the molecule is O=C(Cn1nnc2c(cnn2-c2ccccc2)c1=O)N(C1CCCCC1)C1CCCCC1. The summed E-state index contributed by atoms with van der Waals surface area (Å²) in [6.45, 7) is -0.0642. The summed E-state index contributed by atoms with van der Waals surface area (Å²) < 4.78 is 2.81. The van der Waals surface area contributed by atoms with Crippen LogP contribution in [-0.2, 0) is 11.3 Å². The van der Waals surface area contributed by atoms with Crippen molar-refractivity contribution in [1.29, 1.82) is 0 Å². The number of rotatable bonds is 5. The largest absolute Gasteiger partial charge is 0.335 e. The van der Waals surface area contributed by atoms with E-state index in [1.54, 1.807) is 4.68 Å². The average Bonchev–Trinajstić information content (AvgIpc) is 3.28. The summed E-state index contributed by atoms with van der Waals surface area (Å²) in [5, 5.41) is 13.1. The van der Waals surface area contributed by atoms with Crippen molar-refractivity contribution < 1.29 is 4.79 Å². The van der Waals surface area contributed by atoms with Crippen LogP contribution < -0.4 is 5.56 Å². The Morgan fingerprint density at radius 2 is 1.56 bits per heavy atom. The minimum absolute atomic E-state index is 0.00463. The van der Waals surface area contributed by atoms with Crippen molar-refractivity contribution in [1.82, 2.24) is 29.7 Å². The van der Waals surface area contributed by atoms with Gasteiger partial charge in [0, 0.05) is 12.1 Å². The smallest absolute Gasteiger partial charge is 0.281 e. The molecule has 2 aliphatic carbocycles. The van der Waals surface area contributed by atoms with Gasteiger partial charge in [0.2, 0.25) is 5.91 Å². The van der Waals surface area contributed by atoms with Crippen molar-refractivity contribution in [2.75, 3.05) is 0 Å². The lowest BCUT2D eigenvalue weighted by molar-refractivity contribution is -0.139. The number of nitrogens with zero attached hydrogens (tertiary/aromatic N) is 6. The molecule has 1 amide bonds. The van der Waals surface area contributed by atoms with Gasteiger partial charge in [-0.3, -0.25) is 9.59 Å². The van der Waals surface area contributed by atoms with Crippen molar-refractivity contribution in [2.24, 2.45) is 0 Å².